The van der Waals surface area contributed by atoms with Gasteiger partial charge in [-0.3, -0.25) is 14.4 Å². The van der Waals surface area contributed by atoms with Gasteiger partial charge in [0.15, 0.2) is 17.2 Å². The number of rotatable bonds is 2. The molecule has 0 amide bonds. The Kier molecular flexibility index (Phi) is 4.45. The molecule has 4 aliphatic rings. The second-order valence-corrected chi connectivity index (χ2v) is 10.4. The Bertz CT molecular complexity index is 767. The van der Waals surface area contributed by atoms with Crippen molar-refractivity contribution in [3.8, 4) is 0 Å². The van der Waals surface area contributed by atoms with Crippen LogP contribution in [-0.2, 0) is 19.1 Å². The van der Waals surface area contributed by atoms with Gasteiger partial charge in [0.1, 0.15) is 0 Å². The maximum absolute atomic E-state index is 12.9. The summed E-state index contributed by atoms with van der Waals surface area (Å²) in [5.41, 5.74) is 0.184. The molecular formula is C24H34O4. The monoisotopic (exact) mass is 386 g/mol. The Hall–Kier alpha value is -1.45. The predicted molar refractivity (Wildman–Crippen MR) is 106 cm³/mol. The number of hydrogen-bond acceptors (Lipinski definition) is 4. The van der Waals surface area contributed by atoms with E-state index >= 15 is 0 Å². The van der Waals surface area contributed by atoms with E-state index in [2.05, 4.69) is 20.8 Å². The Balaban J connectivity index is 1.74. The number of allylic oxidation sites excluding steroid dienone is 1. The van der Waals surface area contributed by atoms with Gasteiger partial charge in [0.25, 0.3) is 0 Å². The van der Waals surface area contributed by atoms with Crippen molar-refractivity contribution in [2.24, 2.45) is 34.5 Å². The SMILES string of the molecule is CC(=O)O[C@@]1(C(C)=O)[C@H](C)C[C@H]2[C@@H]3CCC4=CC(=O)CC[C@]4(C)[C@H]3CC[C@@]21C. The summed E-state index contributed by atoms with van der Waals surface area (Å²) in [4.78, 5) is 36.9. The van der Waals surface area contributed by atoms with Crippen LogP contribution in [-0.4, -0.2) is 23.1 Å². The minimum absolute atomic E-state index is 0.00418. The van der Waals surface area contributed by atoms with Crippen molar-refractivity contribution in [3.05, 3.63) is 11.6 Å². The predicted octanol–water partition coefficient (Wildman–Crippen LogP) is 4.66. The number of hydrogen-bond donors (Lipinski definition) is 0. The second-order valence-electron chi connectivity index (χ2n) is 10.4. The molecule has 0 unspecified atom stereocenters. The van der Waals surface area contributed by atoms with Crippen LogP contribution in [0.2, 0.25) is 0 Å². The minimum Gasteiger partial charge on any atom is -0.450 e. The molecule has 3 saturated carbocycles. The van der Waals surface area contributed by atoms with Crippen molar-refractivity contribution < 1.29 is 19.1 Å². The third-order valence-corrected chi connectivity index (χ3v) is 9.33. The Morgan fingerprint density at radius 1 is 1.07 bits per heavy atom. The minimum atomic E-state index is -0.992. The third kappa shape index (κ3) is 2.39. The molecule has 7 atom stereocenters. The zero-order valence-electron chi connectivity index (χ0n) is 18.0. The Morgan fingerprint density at radius 2 is 1.79 bits per heavy atom. The fourth-order valence-electron chi connectivity index (χ4n) is 8.15. The van der Waals surface area contributed by atoms with E-state index in [9.17, 15) is 14.4 Å². The average molecular weight is 387 g/mol. The first-order valence-corrected chi connectivity index (χ1v) is 11.0. The number of carbonyl (C=O) groups is 3. The van der Waals surface area contributed by atoms with Gasteiger partial charge in [0.05, 0.1) is 0 Å². The number of ether oxygens (including phenoxy) is 1. The van der Waals surface area contributed by atoms with Crippen molar-refractivity contribution in [1.29, 1.82) is 0 Å². The molecule has 0 aliphatic heterocycles. The lowest BCUT2D eigenvalue weighted by Gasteiger charge is -2.59. The van der Waals surface area contributed by atoms with Crippen LogP contribution >= 0.6 is 0 Å². The summed E-state index contributed by atoms with van der Waals surface area (Å²) >= 11 is 0. The maximum atomic E-state index is 12.9. The molecule has 154 valence electrons. The van der Waals surface area contributed by atoms with Crippen molar-refractivity contribution in [2.45, 2.75) is 85.2 Å². The summed E-state index contributed by atoms with van der Waals surface area (Å²) < 4.78 is 5.93. The average Bonchev–Trinajstić information content (AvgIpc) is 2.83. The van der Waals surface area contributed by atoms with Crippen LogP contribution in [0.15, 0.2) is 11.6 Å². The molecule has 4 rings (SSSR count). The van der Waals surface area contributed by atoms with Crippen LogP contribution in [0.4, 0.5) is 0 Å². The highest BCUT2D eigenvalue weighted by Gasteiger charge is 2.70. The Morgan fingerprint density at radius 3 is 2.43 bits per heavy atom. The number of esters is 1. The van der Waals surface area contributed by atoms with Gasteiger partial charge in [-0.25, -0.2) is 0 Å². The molecule has 28 heavy (non-hydrogen) atoms. The van der Waals surface area contributed by atoms with Crippen LogP contribution in [0, 0.1) is 34.5 Å². The first-order chi connectivity index (χ1) is 13.1. The maximum Gasteiger partial charge on any atom is 0.303 e. The van der Waals surface area contributed by atoms with Gasteiger partial charge in [-0.15, -0.1) is 0 Å². The highest BCUT2D eigenvalue weighted by atomic mass is 16.6. The topological polar surface area (TPSA) is 60.4 Å². The number of ketones is 2. The molecule has 0 N–H and O–H groups in total. The zero-order valence-corrected chi connectivity index (χ0v) is 18.0. The van der Waals surface area contributed by atoms with Crippen LogP contribution in [0.3, 0.4) is 0 Å². The highest BCUT2D eigenvalue weighted by Crippen LogP contribution is 2.69. The molecule has 4 nitrogen and oxygen atoms in total. The molecule has 0 aromatic carbocycles. The van der Waals surface area contributed by atoms with Gasteiger partial charge in [-0.1, -0.05) is 26.3 Å². The summed E-state index contributed by atoms with van der Waals surface area (Å²) in [5.74, 6) is 1.47. The second kappa shape index (κ2) is 6.27. The van der Waals surface area contributed by atoms with Gasteiger partial charge < -0.3 is 4.74 Å². The van der Waals surface area contributed by atoms with E-state index in [1.54, 1.807) is 6.92 Å². The van der Waals surface area contributed by atoms with Crippen LogP contribution < -0.4 is 0 Å². The molecule has 0 bridgehead atoms. The van der Waals surface area contributed by atoms with E-state index in [1.807, 2.05) is 6.08 Å². The fourth-order valence-corrected chi connectivity index (χ4v) is 8.15. The molecule has 0 spiro atoms. The fraction of sp³-hybridized carbons (Fsp3) is 0.792. The van der Waals surface area contributed by atoms with Crippen LogP contribution in [0.5, 0.6) is 0 Å². The van der Waals surface area contributed by atoms with Gasteiger partial charge in [-0.2, -0.15) is 0 Å². The van der Waals surface area contributed by atoms with E-state index in [-0.39, 0.29) is 34.3 Å². The normalized spacial score (nSPS) is 47.5. The highest BCUT2D eigenvalue weighted by molar-refractivity contribution is 5.92. The first kappa shape index (κ1) is 19.8. The van der Waals surface area contributed by atoms with Crippen molar-refractivity contribution >= 4 is 17.5 Å². The molecular weight excluding hydrogens is 352 g/mol. The smallest absolute Gasteiger partial charge is 0.303 e. The molecule has 3 fully saturated rings. The Labute approximate surface area is 168 Å². The summed E-state index contributed by atoms with van der Waals surface area (Å²) in [6, 6.07) is 0. The molecule has 0 aromatic rings. The summed E-state index contributed by atoms with van der Waals surface area (Å²) in [6.45, 7) is 9.71. The van der Waals surface area contributed by atoms with Crippen LogP contribution in [0.25, 0.3) is 0 Å². The van der Waals surface area contributed by atoms with E-state index in [0.29, 0.717) is 24.2 Å². The lowest BCUT2D eigenvalue weighted by molar-refractivity contribution is -0.192. The largest absolute Gasteiger partial charge is 0.450 e. The van der Waals surface area contributed by atoms with Gasteiger partial charge in [-0.05, 0) is 74.7 Å². The van der Waals surface area contributed by atoms with Crippen molar-refractivity contribution in [2.75, 3.05) is 0 Å². The molecule has 4 heteroatoms. The van der Waals surface area contributed by atoms with E-state index in [4.69, 9.17) is 4.74 Å². The zero-order chi connectivity index (χ0) is 20.5. The van der Waals surface area contributed by atoms with Gasteiger partial charge in [0.2, 0.25) is 0 Å². The van der Waals surface area contributed by atoms with Crippen LogP contribution in [0.1, 0.15) is 79.6 Å². The lowest BCUT2D eigenvalue weighted by atomic mass is 9.46. The van der Waals surface area contributed by atoms with Gasteiger partial charge >= 0.3 is 5.97 Å². The first-order valence-electron chi connectivity index (χ1n) is 11.0. The number of carbonyl (C=O) groups excluding carboxylic acids is 3. The molecule has 4 aliphatic carbocycles. The molecule has 0 aromatic heterocycles. The van der Waals surface area contributed by atoms with E-state index in [1.165, 1.54) is 12.5 Å². The van der Waals surface area contributed by atoms with E-state index < -0.39 is 5.60 Å². The summed E-state index contributed by atoms with van der Waals surface area (Å²) in [6.07, 6.45) is 8.52. The standard InChI is InChI=1S/C24H34O4/c1-14-12-21-19-7-6-17-13-18(27)8-10-22(17,4)20(19)9-11-23(21,5)24(14,15(2)25)28-16(3)26/h13-14,19-21H,6-12H2,1-5H3/t14-,19-,20+,21+,22+,23+,24-/m1/s1. The number of fused-ring (bicyclic) bond motifs is 5. The molecule has 0 radical (unpaired) electrons. The van der Waals surface area contributed by atoms with Crippen molar-refractivity contribution in [1.82, 2.24) is 0 Å². The van der Waals surface area contributed by atoms with Crippen molar-refractivity contribution in [3.63, 3.8) is 0 Å². The lowest BCUT2D eigenvalue weighted by Crippen LogP contribution is -2.60. The van der Waals surface area contributed by atoms with E-state index in [0.717, 1.165) is 38.5 Å². The summed E-state index contributed by atoms with van der Waals surface area (Å²) in [5, 5.41) is 0. The third-order valence-electron chi connectivity index (χ3n) is 9.33. The number of Topliss-reactive ketones (excluding diaryl/α,β-unsaturated/α-hetero) is 1. The molecule has 0 saturated heterocycles. The summed E-state index contributed by atoms with van der Waals surface area (Å²) in [7, 11) is 0. The molecule has 0 heterocycles. The van der Waals surface area contributed by atoms with Gasteiger partial charge in [0, 0.05) is 24.7 Å². The quantitative estimate of drug-likeness (QED) is 0.648.